The van der Waals surface area contributed by atoms with Crippen LogP contribution >= 0.6 is 22.7 Å². The van der Waals surface area contributed by atoms with E-state index in [0.29, 0.717) is 0 Å². The van der Waals surface area contributed by atoms with Gasteiger partial charge in [-0.25, -0.2) is 4.99 Å². The van der Waals surface area contributed by atoms with E-state index >= 15 is 0 Å². The molecule has 2 aromatic heterocycles. The lowest BCUT2D eigenvalue weighted by Crippen LogP contribution is -3.08. The van der Waals surface area contributed by atoms with E-state index in [1.165, 1.54) is 15.3 Å². The third-order valence-corrected chi connectivity index (χ3v) is 5.25. The Morgan fingerprint density at radius 2 is 2.42 bits per heavy atom. The number of nitriles is 1. The Bertz CT molecular complexity index is 647. The van der Waals surface area contributed by atoms with Crippen LogP contribution in [0.1, 0.15) is 20.9 Å². The maximum absolute atomic E-state index is 9.36. The van der Waals surface area contributed by atoms with Crippen molar-refractivity contribution in [1.29, 1.82) is 5.26 Å². The molecule has 0 aromatic carbocycles. The summed E-state index contributed by atoms with van der Waals surface area (Å²) < 4.78 is 0. The lowest BCUT2D eigenvalue weighted by atomic mass is 10.0. The van der Waals surface area contributed by atoms with E-state index in [1.54, 1.807) is 22.7 Å². The number of hydrogen-bond donors (Lipinski definition) is 1. The molecule has 3 nitrogen and oxygen atoms in total. The highest BCUT2D eigenvalue weighted by Crippen LogP contribution is 2.36. The number of likely N-dealkylation sites (N-methyl/N-ethyl adjacent to an activating group) is 1. The first-order chi connectivity index (χ1) is 9.28. The average molecular weight is 288 g/mol. The Hall–Kier alpha value is -1.48. The second kappa shape index (κ2) is 5.25. The smallest absolute Gasteiger partial charge is 0.134 e. The normalized spacial score (nSPS) is 18.4. The number of nitrogens with zero attached hydrogens (tertiary/aromatic N) is 2. The molecule has 3 heterocycles. The molecule has 0 spiro atoms. The second-order valence-electron chi connectivity index (χ2n) is 4.70. The molecule has 2 aromatic rings. The summed E-state index contributed by atoms with van der Waals surface area (Å²) in [6.45, 7) is 2.12. The van der Waals surface area contributed by atoms with Gasteiger partial charge in [0, 0.05) is 17.5 Å². The van der Waals surface area contributed by atoms with Crippen LogP contribution in [-0.4, -0.2) is 19.8 Å². The van der Waals surface area contributed by atoms with Crippen molar-refractivity contribution >= 4 is 33.9 Å². The van der Waals surface area contributed by atoms with E-state index in [9.17, 15) is 5.26 Å². The number of thiophene rings is 2. The third-order valence-electron chi connectivity index (χ3n) is 3.30. The van der Waals surface area contributed by atoms with Gasteiger partial charge in [-0.3, -0.25) is 0 Å². The van der Waals surface area contributed by atoms with Gasteiger partial charge in [-0.05, 0) is 17.0 Å². The maximum atomic E-state index is 9.36. The van der Waals surface area contributed by atoms with E-state index < -0.39 is 0 Å². The topological polar surface area (TPSA) is 40.6 Å². The predicted molar refractivity (Wildman–Crippen MR) is 79.8 cm³/mol. The summed E-state index contributed by atoms with van der Waals surface area (Å²) in [6.07, 6.45) is 2.86. The van der Waals surface area contributed by atoms with E-state index in [4.69, 9.17) is 0 Å². The van der Waals surface area contributed by atoms with Gasteiger partial charge < -0.3 is 4.90 Å². The lowest BCUT2D eigenvalue weighted by molar-refractivity contribution is -0.895. The van der Waals surface area contributed by atoms with Gasteiger partial charge in [0.1, 0.15) is 17.6 Å². The minimum Gasteiger partial charge on any atom is -0.333 e. The number of aliphatic imine (C=N–C) groups is 1. The Balaban J connectivity index is 1.96. The van der Waals surface area contributed by atoms with Crippen molar-refractivity contribution in [1.82, 2.24) is 0 Å². The maximum Gasteiger partial charge on any atom is 0.134 e. The van der Waals surface area contributed by atoms with Crippen LogP contribution in [0.2, 0.25) is 0 Å². The highest BCUT2D eigenvalue weighted by molar-refractivity contribution is 7.16. The van der Waals surface area contributed by atoms with Gasteiger partial charge in [0.15, 0.2) is 0 Å². The monoisotopic (exact) mass is 288 g/mol. The van der Waals surface area contributed by atoms with Crippen LogP contribution in [0.5, 0.6) is 0 Å². The van der Waals surface area contributed by atoms with E-state index in [-0.39, 0.29) is 0 Å². The summed E-state index contributed by atoms with van der Waals surface area (Å²) in [5, 5.41) is 12.3. The van der Waals surface area contributed by atoms with Crippen LogP contribution in [-0.2, 0) is 13.0 Å². The molecule has 96 valence electrons. The molecular weight excluding hydrogens is 274 g/mol. The zero-order valence-corrected chi connectivity index (χ0v) is 12.3. The van der Waals surface area contributed by atoms with Gasteiger partial charge >= 0.3 is 0 Å². The molecule has 5 heteroatoms. The molecule has 19 heavy (non-hydrogen) atoms. The first-order valence-corrected chi connectivity index (χ1v) is 7.91. The molecule has 0 saturated carbocycles. The highest BCUT2D eigenvalue weighted by atomic mass is 32.1. The number of rotatable bonds is 2. The zero-order chi connectivity index (χ0) is 13.2. The first kappa shape index (κ1) is 12.5. The Kier molecular flexibility index (Phi) is 3.47. The Morgan fingerprint density at radius 3 is 3.16 bits per heavy atom. The molecule has 1 atom stereocenters. The fourth-order valence-corrected chi connectivity index (χ4v) is 4.14. The van der Waals surface area contributed by atoms with Crippen LogP contribution in [0.15, 0.2) is 22.5 Å². The number of quaternary nitrogens is 1. The Morgan fingerprint density at radius 1 is 1.53 bits per heavy atom. The van der Waals surface area contributed by atoms with Crippen molar-refractivity contribution in [3.8, 4) is 6.07 Å². The standard InChI is InChI=1S/C14H13N3S2/c1-17-5-4-11-12(7-15)14(19-13(11)9-17)16-8-10-3-2-6-18-10/h2-3,6,8H,4-5,9H2,1H3/p+1. The molecular formula is C14H14N3S2+. The molecule has 0 saturated heterocycles. The van der Waals surface area contributed by atoms with Gasteiger partial charge in [0.2, 0.25) is 0 Å². The molecule has 1 aliphatic rings. The quantitative estimate of drug-likeness (QED) is 0.844. The molecule has 3 rings (SSSR count). The summed E-state index contributed by atoms with van der Waals surface area (Å²) >= 11 is 3.33. The number of hydrogen-bond acceptors (Lipinski definition) is 4. The van der Waals surface area contributed by atoms with Crippen LogP contribution in [0.3, 0.4) is 0 Å². The molecule has 0 bridgehead atoms. The van der Waals surface area contributed by atoms with Crippen LogP contribution in [0.4, 0.5) is 5.00 Å². The second-order valence-corrected chi connectivity index (χ2v) is 6.77. The highest BCUT2D eigenvalue weighted by Gasteiger charge is 2.24. The first-order valence-electron chi connectivity index (χ1n) is 6.21. The van der Waals surface area contributed by atoms with Gasteiger partial charge in [0.25, 0.3) is 0 Å². The van der Waals surface area contributed by atoms with Gasteiger partial charge in [-0.2, -0.15) is 5.26 Å². The van der Waals surface area contributed by atoms with E-state index in [0.717, 1.165) is 35.0 Å². The largest absolute Gasteiger partial charge is 0.333 e. The van der Waals surface area contributed by atoms with Crippen LogP contribution in [0.25, 0.3) is 0 Å². The number of fused-ring (bicyclic) bond motifs is 1. The third kappa shape index (κ3) is 2.47. The van der Waals surface area contributed by atoms with Gasteiger partial charge in [-0.1, -0.05) is 6.07 Å². The zero-order valence-electron chi connectivity index (χ0n) is 10.6. The minimum atomic E-state index is 0.792. The minimum absolute atomic E-state index is 0.792. The summed E-state index contributed by atoms with van der Waals surface area (Å²) in [6, 6.07) is 6.38. The van der Waals surface area contributed by atoms with Crippen molar-refractivity contribution < 1.29 is 4.90 Å². The van der Waals surface area contributed by atoms with Crippen molar-refractivity contribution in [2.45, 2.75) is 13.0 Å². The molecule has 1 unspecified atom stereocenters. The summed E-state index contributed by atoms with van der Waals surface area (Å²) in [7, 11) is 2.20. The molecule has 0 fully saturated rings. The molecule has 0 amide bonds. The van der Waals surface area contributed by atoms with Gasteiger partial charge in [0.05, 0.1) is 24.0 Å². The average Bonchev–Trinajstić information content (AvgIpc) is 3.02. The van der Waals surface area contributed by atoms with E-state index in [2.05, 4.69) is 18.1 Å². The molecule has 1 aliphatic heterocycles. The van der Waals surface area contributed by atoms with Crippen molar-refractivity contribution in [3.63, 3.8) is 0 Å². The fraction of sp³-hybridized carbons (Fsp3) is 0.286. The fourth-order valence-electron chi connectivity index (χ4n) is 2.30. The van der Waals surface area contributed by atoms with Crippen LogP contribution in [0, 0.1) is 11.3 Å². The molecule has 0 aliphatic carbocycles. The predicted octanol–water partition coefficient (Wildman–Crippen LogP) is 2.00. The summed E-state index contributed by atoms with van der Waals surface area (Å²) in [5.74, 6) is 0. The van der Waals surface area contributed by atoms with Crippen molar-refractivity contribution in [2.24, 2.45) is 4.99 Å². The Labute approximate surface area is 120 Å². The van der Waals surface area contributed by atoms with Crippen LogP contribution < -0.4 is 4.90 Å². The van der Waals surface area contributed by atoms with Crippen molar-refractivity contribution in [3.05, 3.63) is 38.4 Å². The SMILES string of the molecule is C[NH+]1CCc2c(sc(N=Cc3cccs3)c2C#N)C1. The molecule has 1 N–H and O–H groups in total. The number of nitrogens with one attached hydrogen (secondary N) is 1. The molecule has 0 radical (unpaired) electrons. The van der Waals surface area contributed by atoms with Gasteiger partial charge in [-0.15, -0.1) is 22.7 Å². The lowest BCUT2D eigenvalue weighted by Gasteiger charge is -2.18. The van der Waals surface area contributed by atoms with Crippen molar-refractivity contribution in [2.75, 3.05) is 13.6 Å². The summed E-state index contributed by atoms with van der Waals surface area (Å²) in [5.41, 5.74) is 2.02. The van der Waals surface area contributed by atoms with E-state index in [1.807, 2.05) is 23.7 Å². The summed E-state index contributed by atoms with van der Waals surface area (Å²) in [4.78, 5) is 8.48.